The van der Waals surface area contributed by atoms with Crippen LogP contribution in [0.3, 0.4) is 0 Å². The molecule has 0 atom stereocenters. The summed E-state index contributed by atoms with van der Waals surface area (Å²) >= 11 is 0. The van der Waals surface area contributed by atoms with E-state index >= 15 is 0 Å². The van der Waals surface area contributed by atoms with Gasteiger partial charge in [0.15, 0.2) is 5.60 Å². The van der Waals surface area contributed by atoms with Gasteiger partial charge in [-0.2, -0.15) is 0 Å². The molecule has 2 aromatic carbocycles. The first-order valence-corrected chi connectivity index (χ1v) is 14.1. The van der Waals surface area contributed by atoms with Crippen LogP contribution in [0.2, 0.25) is 0 Å². The van der Waals surface area contributed by atoms with Gasteiger partial charge in [0.05, 0.1) is 29.6 Å². The Bertz CT molecular complexity index is 1440. The topological polar surface area (TPSA) is 210 Å². The van der Waals surface area contributed by atoms with Crippen molar-refractivity contribution in [2.75, 3.05) is 31.5 Å². The van der Waals surface area contributed by atoms with E-state index in [1.165, 1.54) is 5.56 Å². The Hall–Kier alpha value is -4.59. The summed E-state index contributed by atoms with van der Waals surface area (Å²) in [5, 5.41) is 51.6. The minimum atomic E-state index is -2.74. The quantitative estimate of drug-likeness (QED) is 0.168. The van der Waals surface area contributed by atoms with Crippen LogP contribution in [-0.4, -0.2) is 96.7 Å². The Morgan fingerprint density at radius 1 is 0.932 bits per heavy atom. The zero-order valence-corrected chi connectivity index (χ0v) is 24.4. The van der Waals surface area contributed by atoms with Gasteiger partial charge in [-0.25, -0.2) is 9.59 Å². The first kappa shape index (κ1) is 33.9. The molecular formula is C31H38N4O9. The summed E-state index contributed by atoms with van der Waals surface area (Å²) in [6.45, 7) is 4.92. The molecule has 0 saturated carbocycles. The second-order valence-electron chi connectivity index (χ2n) is 10.9. The Morgan fingerprint density at radius 2 is 1.52 bits per heavy atom. The highest BCUT2D eigenvalue weighted by Crippen LogP contribution is 2.26. The van der Waals surface area contributed by atoms with E-state index in [1.807, 2.05) is 55.5 Å². The van der Waals surface area contributed by atoms with Gasteiger partial charge in [0.1, 0.15) is 0 Å². The van der Waals surface area contributed by atoms with Gasteiger partial charge in [-0.1, -0.05) is 48.5 Å². The molecule has 2 heterocycles. The largest absolute Gasteiger partial charge is 0.481 e. The highest BCUT2D eigenvalue weighted by atomic mass is 16.4. The molecule has 0 aliphatic carbocycles. The molecule has 3 aromatic rings. The van der Waals surface area contributed by atoms with E-state index in [0.29, 0.717) is 13.0 Å². The molecule has 1 aromatic heterocycles. The molecule has 13 nitrogen and oxygen atoms in total. The highest BCUT2D eigenvalue weighted by molar-refractivity contribution is 6.00. The number of carbonyl (C=O) groups excluding carboxylic acids is 1. The molecule has 0 unspecified atom stereocenters. The fourth-order valence-corrected chi connectivity index (χ4v) is 4.96. The van der Waals surface area contributed by atoms with Gasteiger partial charge < -0.3 is 41.1 Å². The summed E-state index contributed by atoms with van der Waals surface area (Å²) in [4.78, 5) is 49.7. The molecule has 1 fully saturated rings. The number of aliphatic hydroxyl groups is 2. The van der Waals surface area contributed by atoms with Crippen LogP contribution < -0.4 is 10.6 Å². The third-order valence-corrected chi connectivity index (χ3v) is 7.25. The number of rotatable bonds is 11. The SMILES string of the molecule is Cc1cc(NC(=O)NCCN2CCC(O)(Cc3ccccc3)CC2)c2ccccc2n1.O=C(O)CC(O)(CC(=O)O)C(=O)O. The molecular weight excluding hydrogens is 572 g/mol. The number of benzene rings is 2. The Kier molecular flexibility index (Phi) is 11.7. The normalized spacial score (nSPS) is 14.6. The molecule has 0 radical (unpaired) electrons. The molecule has 2 amide bonds. The van der Waals surface area contributed by atoms with Crippen LogP contribution in [0.1, 0.15) is 36.9 Å². The van der Waals surface area contributed by atoms with E-state index in [-0.39, 0.29) is 6.03 Å². The smallest absolute Gasteiger partial charge is 0.336 e. The lowest BCUT2D eigenvalue weighted by atomic mass is 9.85. The Morgan fingerprint density at radius 3 is 2.11 bits per heavy atom. The Labute approximate surface area is 254 Å². The molecule has 0 bridgehead atoms. The summed E-state index contributed by atoms with van der Waals surface area (Å²) < 4.78 is 0. The third-order valence-electron chi connectivity index (χ3n) is 7.25. The number of fused-ring (bicyclic) bond motifs is 1. The lowest BCUT2D eigenvalue weighted by Crippen LogP contribution is -2.47. The zero-order valence-electron chi connectivity index (χ0n) is 24.4. The van der Waals surface area contributed by atoms with E-state index in [9.17, 15) is 24.3 Å². The van der Waals surface area contributed by atoms with Crippen LogP contribution in [-0.2, 0) is 20.8 Å². The van der Waals surface area contributed by atoms with Gasteiger partial charge in [0, 0.05) is 43.7 Å². The first-order chi connectivity index (χ1) is 20.8. The Balaban J connectivity index is 0.000000345. The van der Waals surface area contributed by atoms with Crippen molar-refractivity contribution in [2.24, 2.45) is 0 Å². The average Bonchev–Trinajstić information content (AvgIpc) is 2.94. The molecule has 1 saturated heterocycles. The summed E-state index contributed by atoms with van der Waals surface area (Å²) in [6, 6.07) is 19.6. The van der Waals surface area contributed by atoms with Crippen molar-refractivity contribution < 1.29 is 44.7 Å². The number of carboxylic acids is 3. The number of pyridine rings is 1. The average molecular weight is 611 g/mol. The van der Waals surface area contributed by atoms with Gasteiger partial charge in [0.25, 0.3) is 0 Å². The monoisotopic (exact) mass is 610 g/mol. The number of likely N-dealkylation sites (tertiary alicyclic amines) is 1. The third kappa shape index (κ3) is 10.3. The number of aromatic nitrogens is 1. The van der Waals surface area contributed by atoms with Crippen molar-refractivity contribution >= 4 is 40.5 Å². The van der Waals surface area contributed by atoms with E-state index in [2.05, 4.69) is 32.7 Å². The maximum Gasteiger partial charge on any atom is 0.336 e. The molecule has 4 rings (SSSR count). The molecule has 236 valence electrons. The standard InChI is InChI=1S/C25H30N4O2.C6H8O7/c1-19-17-23(21-9-5-6-10-22(21)27-19)28-24(30)26-13-16-29-14-11-25(31,12-15-29)18-20-7-3-2-4-8-20;7-3(8)1-6(13,5(11)12)2-4(9)10/h2-10,17,31H,11-16,18H2,1H3,(H2,26,27,28,30);13H,1-2H2,(H,7,8)(H,9,10)(H,11,12). The zero-order chi connectivity index (χ0) is 32.3. The number of aliphatic carboxylic acids is 3. The van der Waals surface area contributed by atoms with Gasteiger partial charge in [0.2, 0.25) is 0 Å². The van der Waals surface area contributed by atoms with Crippen molar-refractivity contribution in [1.82, 2.24) is 15.2 Å². The number of piperidine rings is 1. The lowest BCUT2D eigenvalue weighted by Gasteiger charge is -2.38. The number of anilines is 1. The van der Waals surface area contributed by atoms with Crippen molar-refractivity contribution in [2.45, 2.75) is 50.2 Å². The minimum absolute atomic E-state index is 0.214. The van der Waals surface area contributed by atoms with E-state index in [0.717, 1.165) is 54.8 Å². The number of urea groups is 1. The molecule has 0 spiro atoms. The maximum atomic E-state index is 12.4. The molecule has 7 N–H and O–H groups in total. The number of aryl methyl sites for hydroxylation is 1. The van der Waals surface area contributed by atoms with Crippen LogP contribution >= 0.6 is 0 Å². The van der Waals surface area contributed by atoms with Crippen LogP contribution in [0.25, 0.3) is 10.9 Å². The maximum absolute atomic E-state index is 12.4. The molecule has 1 aliphatic heterocycles. The summed E-state index contributed by atoms with van der Waals surface area (Å²) in [5.41, 5.74) is 0.306. The van der Waals surface area contributed by atoms with Crippen LogP contribution in [0.15, 0.2) is 60.7 Å². The summed E-state index contributed by atoms with van der Waals surface area (Å²) in [6.07, 6.45) is -0.0996. The molecule has 13 heteroatoms. The van der Waals surface area contributed by atoms with Crippen LogP contribution in [0, 0.1) is 6.92 Å². The van der Waals surface area contributed by atoms with Crippen molar-refractivity contribution in [1.29, 1.82) is 0 Å². The number of hydrogen-bond donors (Lipinski definition) is 7. The fraction of sp³-hybridized carbons (Fsp3) is 0.387. The number of carbonyl (C=O) groups is 4. The fourth-order valence-electron chi connectivity index (χ4n) is 4.96. The number of nitrogens with one attached hydrogen (secondary N) is 2. The number of carboxylic acid groups (broad SMARTS) is 3. The van der Waals surface area contributed by atoms with E-state index < -0.39 is 42.0 Å². The summed E-state index contributed by atoms with van der Waals surface area (Å²) in [5.74, 6) is -5.02. The minimum Gasteiger partial charge on any atom is -0.481 e. The highest BCUT2D eigenvalue weighted by Gasteiger charge is 2.40. The van der Waals surface area contributed by atoms with Gasteiger partial charge in [-0.15, -0.1) is 0 Å². The second kappa shape index (κ2) is 15.2. The van der Waals surface area contributed by atoms with Crippen molar-refractivity contribution in [3.05, 3.63) is 71.9 Å². The lowest BCUT2D eigenvalue weighted by molar-refractivity contribution is -0.170. The predicted molar refractivity (Wildman–Crippen MR) is 161 cm³/mol. The molecule has 44 heavy (non-hydrogen) atoms. The van der Waals surface area contributed by atoms with Gasteiger partial charge in [-0.3, -0.25) is 14.6 Å². The number of para-hydroxylation sites is 1. The predicted octanol–water partition coefficient (Wildman–Crippen LogP) is 2.49. The number of amides is 2. The second-order valence-corrected chi connectivity index (χ2v) is 10.9. The van der Waals surface area contributed by atoms with Gasteiger partial charge in [-0.05, 0) is 37.5 Å². The van der Waals surface area contributed by atoms with Crippen molar-refractivity contribution in [3.8, 4) is 0 Å². The number of nitrogens with zero attached hydrogens (tertiary/aromatic N) is 2. The van der Waals surface area contributed by atoms with Crippen molar-refractivity contribution in [3.63, 3.8) is 0 Å². The van der Waals surface area contributed by atoms with E-state index in [1.54, 1.807) is 0 Å². The number of hydrogen-bond acceptors (Lipinski definition) is 8. The van der Waals surface area contributed by atoms with E-state index in [4.69, 9.17) is 20.4 Å². The molecule has 1 aliphatic rings. The van der Waals surface area contributed by atoms with Crippen LogP contribution in [0.5, 0.6) is 0 Å². The van der Waals surface area contributed by atoms with Crippen LogP contribution in [0.4, 0.5) is 10.5 Å². The van der Waals surface area contributed by atoms with Gasteiger partial charge >= 0.3 is 23.9 Å². The first-order valence-electron chi connectivity index (χ1n) is 14.1. The summed E-state index contributed by atoms with van der Waals surface area (Å²) in [7, 11) is 0.